The van der Waals surface area contributed by atoms with Crippen LogP contribution in [-0.2, 0) is 4.74 Å². The highest BCUT2D eigenvalue weighted by Crippen LogP contribution is 2.14. The van der Waals surface area contributed by atoms with Crippen LogP contribution in [0.5, 0.6) is 0 Å². The van der Waals surface area contributed by atoms with Crippen LogP contribution in [0.3, 0.4) is 0 Å². The molecule has 0 aliphatic carbocycles. The number of alkyl halides is 1. The number of ether oxygens (including phenoxy) is 1. The first-order valence-electron chi connectivity index (χ1n) is 4.89. The Morgan fingerprint density at radius 1 is 1.31 bits per heavy atom. The second kappa shape index (κ2) is 6.80. The van der Waals surface area contributed by atoms with Crippen LogP contribution in [0.1, 0.15) is 27.2 Å². The summed E-state index contributed by atoms with van der Waals surface area (Å²) in [6.45, 7) is 9.29. The van der Waals surface area contributed by atoms with Gasteiger partial charge in [-0.2, -0.15) is 0 Å². The third kappa shape index (κ3) is 5.66. The SMILES string of the molecule is CCCOCCN(C)C(C)(C)CBr. The first-order valence-corrected chi connectivity index (χ1v) is 6.01. The average molecular weight is 252 g/mol. The van der Waals surface area contributed by atoms with Crippen molar-refractivity contribution >= 4 is 15.9 Å². The molecule has 0 aliphatic rings. The van der Waals surface area contributed by atoms with E-state index >= 15 is 0 Å². The molecule has 0 rings (SSSR count). The van der Waals surface area contributed by atoms with E-state index in [0.717, 1.165) is 31.5 Å². The molecule has 0 amide bonds. The minimum Gasteiger partial charge on any atom is -0.380 e. The quantitative estimate of drug-likeness (QED) is 0.510. The van der Waals surface area contributed by atoms with Crippen LogP contribution in [0, 0.1) is 0 Å². The third-order valence-electron chi connectivity index (χ3n) is 2.28. The lowest BCUT2D eigenvalue weighted by Crippen LogP contribution is -2.44. The number of likely N-dealkylation sites (N-methyl/N-ethyl adjacent to an activating group) is 1. The van der Waals surface area contributed by atoms with Gasteiger partial charge in [-0.25, -0.2) is 0 Å². The first-order chi connectivity index (χ1) is 6.04. The maximum Gasteiger partial charge on any atom is 0.0593 e. The highest BCUT2D eigenvalue weighted by molar-refractivity contribution is 9.09. The van der Waals surface area contributed by atoms with E-state index in [1.165, 1.54) is 0 Å². The van der Waals surface area contributed by atoms with E-state index in [9.17, 15) is 0 Å². The smallest absolute Gasteiger partial charge is 0.0593 e. The van der Waals surface area contributed by atoms with Crippen molar-refractivity contribution in [3.8, 4) is 0 Å². The van der Waals surface area contributed by atoms with Crippen LogP contribution >= 0.6 is 15.9 Å². The number of hydrogen-bond donors (Lipinski definition) is 0. The first kappa shape index (κ1) is 13.4. The molecular weight excluding hydrogens is 230 g/mol. The van der Waals surface area contributed by atoms with Gasteiger partial charge in [-0.15, -0.1) is 0 Å². The van der Waals surface area contributed by atoms with Gasteiger partial charge in [0.25, 0.3) is 0 Å². The van der Waals surface area contributed by atoms with Gasteiger partial charge in [-0.05, 0) is 27.3 Å². The van der Waals surface area contributed by atoms with E-state index in [2.05, 4.69) is 48.6 Å². The van der Waals surface area contributed by atoms with E-state index in [4.69, 9.17) is 4.74 Å². The zero-order chi connectivity index (χ0) is 10.3. The molecule has 0 atom stereocenters. The Kier molecular flexibility index (Phi) is 7.00. The molecule has 0 saturated heterocycles. The van der Waals surface area contributed by atoms with E-state index < -0.39 is 0 Å². The summed E-state index contributed by atoms with van der Waals surface area (Å²) >= 11 is 3.51. The molecule has 2 nitrogen and oxygen atoms in total. The topological polar surface area (TPSA) is 12.5 Å². The summed E-state index contributed by atoms with van der Waals surface area (Å²) < 4.78 is 5.44. The predicted octanol–water partition coefficient (Wildman–Crippen LogP) is 2.52. The molecule has 0 bridgehead atoms. The van der Waals surface area contributed by atoms with E-state index in [1.54, 1.807) is 0 Å². The summed E-state index contributed by atoms with van der Waals surface area (Å²) in [7, 11) is 2.14. The van der Waals surface area contributed by atoms with Crippen molar-refractivity contribution < 1.29 is 4.74 Å². The minimum absolute atomic E-state index is 0.218. The molecule has 0 saturated carbocycles. The lowest BCUT2D eigenvalue weighted by atomic mass is 10.1. The number of rotatable bonds is 7. The van der Waals surface area contributed by atoms with Crippen LogP contribution in [0.4, 0.5) is 0 Å². The summed E-state index contributed by atoms with van der Waals surface area (Å²) in [5.41, 5.74) is 0.218. The second-order valence-electron chi connectivity index (χ2n) is 3.98. The maximum atomic E-state index is 5.44. The zero-order valence-electron chi connectivity index (χ0n) is 9.27. The predicted molar refractivity (Wildman–Crippen MR) is 61.6 cm³/mol. The molecule has 0 aliphatic heterocycles. The van der Waals surface area contributed by atoms with Crippen LogP contribution < -0.4 is 0 Å². The molecule has 0 radical (unpaired) electrons. The number of hydrogen-bond acceptors (Lipinski definition) is 2. The molecule has 0 aromatic heterocycles. The van der Waals surface area contributed by atoms with Gasteiger partial charge >= 0.3 is 0 Å². The fourth-order valence-corrected chi connectivity index (χ4v) is 1.28. The van der Waals surface area contributed by atoms with E-state index in [1.807, 2.05) is 0 Å². The Balaban J connectivity index is 3.55. The lowest BCUT2D eigenvalue weighted by molar-refractivity contribution is 0.0831. The molecule has 3 heteroatoms. The summed E-state index contributed by atoms with van der Waals surface area (Å²) in [5, 5.41) is 0.990. The van der Waals surface area contributed by atoms with Crippen LogP contribution in [-0.4, -0.2) is 42.6 Å². The summed E-state index contributed by atoms with van der Waals surface area (Å²) in [4.78, 5) is 2.32. The molecule has 0 heterocycles. The fourth-order valence-electron chi connectivity index (χ4n) is 0.853. The van der Waals surface area contributed by atoms with Crippen LogP contribution in [0.2, 0.25) is 0 Å². The van der Waals surface area contributed by atoms with Gasteiger partial charge in [-0.3, -0.25) is 4.90 Å². The summed E-state index contributed by atoms with van der Waals surface area (Å²) in [6.07, 6.45) is 1.10. The molecular formula is C10H22BrNO. The Hall–Kier alpha value is 0.400. The van der Waals surface area contributed by atoms with E-state index in [0.29, 0.717) is 0 Å². The molecule has 0 spiro atoms. The molecule has 0 N–H and O–H groups in total. The highest BCUT2D eigenvalue weighted by Gasteiger charge is 2.21. The molecule has 0 aromatic carbocycles. The van der Waals surface area contributed by atoms with Gasteiger partial charge in [0.05, 0.1) is 6.61 Å². The standard InChI is InChI=1S/C10H22BrNO/c1-5-7-13-8-6-12(4)10(2,3)9-11/h5-9H2,1-4H3. The lowest BCUT2D eigenvalue weighted by Gasteiger charge is -2.33. The van der Waals surface area contributed by atoms with Crippen molar-refractivity contribution in [1.82, 2.24) is 4.90 Å². The monoisotopic (exact) mass is 251 g/mol. The number of nitrogens with zero attached hydrogens (tertiary/aromatic N) is 1. The third-order valence-corrected chi connectivity index (χ3v) is 3.65. The average Bonchev–Trinajstić information content (AvgIpc) is 2.12. The van der Waals surface area contributed by atoms with E-state index in [-0.39, 0.29) is 5.54 Å². The van der Waals surface area contributed by atoms with Gasteiger partial charge in [0, 0.05) is 24.0 Å². The number of halogens is 1. The molecule has 0 aromatic rings. The fraction of sp³-hybridized carbons (Fsp3) is 1.00. The van der Waals surface area contributed by atoms with Crippen molar-refractivity contribution in [3.05, 3.63) is 0 Å². The van der Waals surface area contributed by atoms with Gasteiger partial charge in [0.1, 0.15) is 0 Å². The summed E-state index contributed by atoms with van der Waals surface area (Å²) in [6, 6.07) is 0. The normalized spacial score (nSPS) is 12.5. The van der Waals surface area contributed by atoms with Crippen molar-refractivity contribution in [3.63, 3.8) is 0 Å². The van der Waals surface area contributed by atoms with Crippen LogP contribution in [0.15, 0.2) is 0 Å². The summed E-state index contributed by atoms with van der Waals surface area (Å²) in [5.74, 6) is 0. The second-order valence-corrected chi connectivity index (χ2v) is 4.54. The van der Waals surface area contributed by atoms with Crippen molar-refractivity contribution in [2.45, 2.75) is 32.7 Å². The Morgan fingerprint density at radius 2 is 1.92 bits per heavy atom. The van der Waals surface area contributed by atoms with Gasteiger partial charge < -0.3 is 4.74 Å². The Morgan fingerprint density at radius 3 is 2.38 bits per heavy atom. The van der Waals surface area contributed by atoms with Crippen molar-refractivity contribution in [2.75, 3.05) is 32.1 Å². The maximum absolute atomic E-state index is 5.44. The van der Waals surface area contributed by atoms with Gasteiger partial charge in [0.2, 0.25) is 0 Å². The van der Waals surface area contributed by atoms with Gasteiger partial charge in [-0.1, -0.05) is 22.9 Å². The van der Waals surface area contributed by atoms with Crippen molar-refractivity contribution in [2.24, 2.45) is 0 Å². The van der Waals surface area contributed by atoms with Gasteiger partial charge in [0.15, 0.2) is 0 Å². The minimum atomic E-state index is 0.218. The highest BCUT2D eigenvalue weighted by atomic mass is 79.9. The van der Waals surface area contributed by atoms with Crippen molar-refractivity contribution in [1.29, 1.82) is 0 Å². The Labute approximate surface area is 90.8 Å². The largest absolute Gasteiger partial charge is 0.380 e. The van der Waals surface area contributed by atoms with Crippen LogP contribution in [0.25, 0.3) is 0 Å². The zero-order valence-corrected chi connectivity index (χ0v) is 10.9. The molecule has 0 unspecified atom stereocenters. The molecule has 0 fully saturated rings. The Bertz CT molecular complexity index is 128. The molecule has 80 valence electrons. The molecule has 13 heavy (non-hydrogen) atoms.